The summed E-state index contributed by atoms with van der Waals surface area (Å²) >= 11 is 0. The molecule has 1 aromatic rings. The average Bonchev–Trinajstić information content (AvgIpc) is 2.46. The Morgan fingerprint density at radius 1 is 0.950 bits per heavy atom. The van der Waals surface area contributed by atoms with Crippen molar-refractivity contribution >= 4 is 0 Å². The van der Waals surface area contributed by atoms with Gasteiger partial charge in [-0.3, -0.25) is 0 Å². The molecule has 20 heavy (non-hydrogen) atoms. The van der Waals surface area contributed by atoms with Crippen molar-refractivity contribution < 1.29 is 8.78 Å². The molecule has 0 radical (unpaired) electrons. The Morgan fingerprint density at radius 3 is 2.15 bits per heavy atom. The van der Waals surface area contributed by atoms with Crippen molar-refractivity contribution in [3.8, 4) is 0 Å². The maximum atomic E-state index is 13.8. The molecule has 0 unspecified atom stereocenters. The van der Waals surface area contributed by atoms with Crippen LogP contribution in [0.25, 0.3) is 0 Å². The lowest BCUT2D eigenvalue weighted by Gasteiger charge is -2.28. The molecule has 112 valence electrons. The lowest BCUT2D eigenvalue weighted by atomic mass is 9.78. The molecule has 0 nitrogen and oxygen atoms in total. The third kappa shape index (κ3) is 3.80. The van der Waals surface area contributed by atoms with Crippen LogP contribution in [0.4, 0.5) is 8.78 Å². The van der Waals surface area contributed by atoms with Crippen molar-refractivity contribution in [1.29, 1.82) is 0 Å². The summed E-state index contributed by atoms with van der Waals surface area (Å²) in [5.41, 5.74) is 0.940. The van der Waals surface area contributed by atoms with Crippen molar-refractivity contribution in [2.75, 3.05) is 0 Å². The molecule has 0 bridgehead atoms. The number of hydrogen-bond acceptors (Lipinski definition) is 0. The number of halogens is 2. The van der Waals surface area contributed by atoms with E-state index in [0.717, 1.165) is 12.3 Å². The van der Waals surface area contributed by atoms with Gasteiger partial charge in [0.05, 0.1) is 0 Å². The van der Waals surface area contributed by atoms with E-state index in [0.29, 0.717) is 23.5 Å². The molecule has 0 amide bonds. The van der Waals surface area contributed by atoms with Crippen LogP contribution in [-0.2, 0) is 6.42 Å². The topological polar surface area (TPSA) is 0 Å². The lowest BCUT2D eigenvalue weighted by Crippen LogP contribution is -2.15. The monoisotopic (exact) mass is 280 g/mol. The van der Waals surface area contributed by atoms with Crippen LogP contribution < -0.4 is 0 Å². The molecule has 1 aliphatic carbocycles. The van der Waals surface area contributed by atoms with Crippen molar-refractivity contribution in [1.82, 2.24) is 0 Å². The largest absolute Gasteiger partial charge is 0.203 e. The van der Waals surface area contributed by atoms with Gasteiger partial charge in [-0.2, -0.15) is 0 Å². The average molecular weight is 280 g/mol. The number of aryl methyl sites for hydroxylation is 2. The van der Waals surface area contributed by atoms with Gasteiger partial charge in [-0.1, -0.05) is 57.6 Å². The zero-order chi connectivity index (χ0) is 14.5. The van der Waals surface area contributed by atoms with Gasteiger partial charge in [-0.05, 0) is 42.7 Å². The van der Waals surface area contributed by atoms with Crippen molar-refractivity contribution in [3.05, 3.63) is 34.9 Å². The summed E-state index contributed by atoms with van der Waals surface area (Å²) in [6.07, 6.45) is 9.48. The minimum absolute atomic E-state index is 0.395. The summed E-state index contributed by atoms with van der Waals surface area (Å²) in [6.45, 7) is 3.86. The fraction of sp³-hybridized carbons (Fsp3) is 0.667. The molecule has 2 rings (SSSR count). The maximum Gasteiger partial charge on any atom is 0.162 e. The van der Waals surface area contributed by atoms with E-state index >= 15 is 0 Å². The van der Waals surface area contributed by atoms with Gasteiger partial charge in [0.1, 0.15) is 0 Å². The second-order valence-electron chi connectivity index (χ2n) is 6.38. The van der Waals surface area contributed by atoms with Crippen molar-refractivity contribution in [3.63, 3.8) is 0 Å². The van der Waals surface area contributed by atoms with Crippen LogP contribution in [0.1, 0.15) is 63.0 Å². The van der Waals surface area contributed by atoms with Gasteiger partial charge in [-0.25, -0.2) is 8.78 Å². The van der Waals surface area contributed by atoms with Crippen molar-refractivity contribution in [2.45, 2.75) is 65.2 Å². The molecular formula is C18H26F2. The fourth-order valence-corrected chi connectivity index (χ4v) is 3.46. The standard InChI is InChI=1S/C18H26F2/c1-3-4-14-6-8-15(9-7-14)10-12-16-11-5-13(2)17(19)18(16)20/h5,11,14-15H,3-4,6-10,12H2,1-2H3. The number of benzene rings is 1. The first-order valence-corrected chi connectivity index (χ1v) is 8.05. The second kappa shape index (κ2) is 7.19. The van der Waals surface area contributed by atoms with E-state index < -0.39 is 11.6 Å². The molecule has 0 spiro atoms. The summed E-state index contributed by atoms with van der Waals surface area (Å²) in [6, 6.07) is 3.43. The number of rotatable bonds is 5. The second-order valence-corrected chi connectivity index (χ2v) is 6.38. The van der Waals surface area contributed by atoms with Crippen LogP contribution in [0.15, 0.2) is 12.1 Å². The smallest absolute Gasteiger partial charge is 0.162 e. The highest BCUT2D eigenvalue weighted by molar-refractivity contribution is 5.25. The molecule has 2 heteroatoms. The molecule has 0 atom stereocenters. The fourth-order valence-electron chi connectivity index (χ4n) is 3.46. The molecule has 0 saturated heterocycles. The predicted molar refractivity (Wildman–Crippen MR) is 79.8 cm³/mol. The molecule has 1 aromatic carbocycles. The third-order valence-corrected chi connectivity index (χ3v) is 4.84. The van der Waals surface area contributed by atoms with E-state index in [-0.39, 0.29) is 0 Å². The zero-order valence-corrected chi connectivity index (χ0v) is 12.7. The van der Waals surface area contributed by atoms with Gasteiger partial charge < -0.3 is 0 Å². The quantitative estimate of drug-likeness (QED) is 0.638. The molecule has 1 saturated carbocycles. The Hall–Kier alpha value is -0.920. The first-order valence-electron chi connectivity index (χ1n) is 8.05. The van der Waals surface area contributed by atoms with E-state index in [1.54, 1.807) is 19.1 Å². The normalized spacial score (nSPS) is 23.0. The molecule has 1 aliphatic rings. The molecule has 1 fully saturated rings. The highest BCUT2D eigenvalue weighted by Gasteiger charge is 2.21. The molecule has 0 N–H and O–H groups in total. The van der Waals surface area contributed by atoms with Gasteiger partial charge in [0.15, 0.2) is 11.6 Å². The minimum atomic E-state index is -0.672. The Labute approximate surface area is 121 Å². The number of hydrogen-bond donors (Lipinski definition) is 0. The molecule has 0 aromatic heterocycles. The van der Waals surface area contributed by atoms with Gasteiger partial charge in [-0.15, -0.1) is 0 Å². The van der Waals surface area contributed by atoms with E-state index in [1.807, 2.05) is 0 Å². The van der Waals surface area contributed by atoms with E-state index in [1.165, 1.54) is 38.5 Å². The van der Waals surface area contributed by atoms with Gasteiger partial charge >= 0.3 is 0 Å². The van der Waals surface area contributed by atoms with Gasteiger partial charge in [0.2, 0.25) is 0 Å². The highest BCUT2D eigenvalue weighted by atomic mass is 19.2. The molecule has 0 aliphatic heterocycles. The van der Waals surface area contributed by atoms with Crippen LogP contribution in [0.3, 0.4) is 0 Å². The first kappa shape index (κ1) is 15.5. The predicted octanol–water partition coefficient (Wildman–Crippen LogP) is 5.81. The summed E-state index contributed by atoms with van der Waals surface area (Å²) in [4.78, 5) is 0. The molecular weight excluding hydrogens is 254 g/mol. The van der Waals surface area contributed by atoms with E-state index in [4.69, 9.17) is 0 Å². The summed E-state index contributed by atoms with van der Waals surface area (Å²) in [7, 11) is 0. The zero-order valence-electron chi connectivity index (χ0n) is 12.7. The summed E-state index contributed by atoms with van der Waals surface area (Å²) in [5, 5.41) is 0. The Balaban J connectivity index is 1.83. The van der Waals surface area contributed by atoms with Crippen LogP contribution in [-0.4, -0.2) is 0 Å². The minimum Gasteiger partial charge on any atom is -0.203 e. The molecule has 0 heterocycles. The Morgan fingerprint density at radius 2 is 1.55 bits per heavy atom. The summed E-state index contributed by atoms with van der Waals surface area (Å²) in [5.74, 6) is 0.301. The van der Waals surface area contributed by atoms with Crippen LogP contribution in [0.5, 0.6) is 0 Å². The van der Waals surface area contributed by atoms with E-state index in [2.05, 4.69) is 6.92 Å². The highest BCUT2D eigenvalue weighted by Crippen LogP contribution is 2.34. The lowest BCUT2D eigenvalue weighted by molar-refractivity contribution is 0.251. The van der Waals surface area contributed by atoms with Crippen LogP contribution >= 0.6 is 0 Å². The maximum absolute atomic E-state index is 13.8. The van der Waals surface area contributed by atoms with Crippen LogP contribution in [0.2, 0.25) is 0 Å². The van der Waals surface area contributed by atoms with E-state index in [9.17, 15) is 8.78 Å². The third-order valence-electron chi connectivity index (χ3n) is 4.84. The Bertz CT molecular complexity index is 431. The first-order chi connectivity index (χ1) is 9.61. The van der Waals surface area contributed by atoms with Crippen molar-refractivity contribution in [2.24, 2.45) is 11.8 Å². The Kier molecular flexibility index (Phi) is 5.56. The van der Waals surface area contributed by atoms with Crippen LogP contribution in [0, 0.1) is 30.4 Å². The van der Waals surface area contributed by atoms with Gasteiger partial charge in [0.25, 0.3) is 0 Å². The summed E-state index contributed by atoms with van der Waals surface area (Å²) < 4.78 is 27.3. The SMILES string of the molecule is CCCC1CCC(CCc2ccc(C)c(F)c2F)CC1. The van der Waals surface area contributed by atoms with Gasteiger partial charge in [0, 0.05) is 0 Å².